The van der Waals surface area contributed by atoms with Crippen LogP contribution >= 0.6 is 0 Å². The van der Waals surface area contributed by atoms with Crippen molar-refractivity contribution in [2.75, 3.05) is 0 Å². The van der Waals surface area contributed by atoms with Crippen molar-refractivity contribution >= 4 is 22.9 Å². The Bertz CT molecular complexity index is 1350. The minimum atomic E-state index is -0.568. The Balaban J connectivity index is 0.000000210. The molecule has 1 heterocycles. The molecule has 5 rings (SSSR count). The largest absolute Gasteiger partial charge is 0.327 e. The fourth-order valence-electron chi connectivity index (χ4n) is 5.32. The minimum absolute atomic E-state index is 0.112. The highest BCUT2D eigenvalue weighted by Gasteiger charge is 2.37. The summed E-state index contributed by atoms with van der Waals surface area (Å²) in [6, 6.07) is 42.1. The summed E-state index contributed by atoms with van der Waals surface area (Å²) in [7, 11) is 5.11. The van der Waals surface area contributed by atoms with Crippen LogP contribution in [0.3, 0.4) is 0 Å². The first-order valence-corrected chi connectivity index (χ1v) is 15.4. The zero-order valence-corrected chi connectivity index (χ0v) is 24.7. The van der Waals surface area contributed by atoms with E-state index in [1.54, 1.807) is 5.98 Å². The summed E-state index contributed by atoms with van der Waals surface area (Å²) in [5.41, 5.74) is 6.77. The van der Waals surface area contributed by atoms with E-state index in [1.807, 2.05) is 55.0 Å². The van der Waals surface area contributed by atoms with Gasteiger partial charge in [-0.05, 0) is 34.2 Å². The van der Waals surface area contributed by atoms with E-state index in [-0.39, 0.29) is 5.16 Å². The third-order valence-corrected chi connectivity index (χ3v) is 10.2. The molecule has 40 heavy (non-hydrogen) atoms. The maximum atomic E-state index is 5.67. The van der Waals surface area contributed by atoms with E-state index in [4.69, 9.17) is 7.85 Å². The summed E-state index contributed by atoms with van der Waals surface area (Å²) in [5, 5.41) is -0.112. The van der Waals surface area contributed by atoms with Crippen molar-refractivity contribution in [1.29, 1.82) is 0 Å². The molecule has 1 atom stereocenters. The van der Waals surface area contributed by atoms with Gasteiger partial charge in [0.15, 0.2) is 0 Å². The molecule has 0 fully saturated rings. The Kier molecular flexibility index (Phi) is 10.7. The molecule has 0 saturated carbocycles. The highest BCUT2D eigenvalue weighted by atomic mass is 28.2. The standard InChI is InChI=1S/C22H26N2Si.C14H11B/c1-3-4-11-19(2)25-22(24-17-16-23-18-24,20-12-7-5-8-13-20)21-14-9-6-10-15-21;15-11-14(12-7-3-1-4-8-12)13-9-5-2-6-10-13/h3,5-10,12-19H,1,4,11,25H2,2H3;1-11H. The maximum absolute atomic E-state index is 5.67. The Morgan fingerprint density at radius 2 is 1.30 bits per heavy atom. The van der Waals surface area contributed by atoms with Crippen LogP contribution in [0.25, 0.3) is 5.57 Å². The predicted octanol–water partition coefficient (Wildman–Crippen LogP) is 7.82. The number of allylic oxidation sites excluding steroid dienone is 1. The molecule has 2 nitrogen and oxygen atoms in total. The predicted molar refractivity (Wildman–Crippen MR) is 174 cm³/mol. The van der Waals surface area contributed by atoms with Crippen LogP contribution in [0.5, 0.6) is 0 Å². The Morgan fingerprint density at radius 1 is 0.825 bits per heavy atom. The van der Waals surface area contributed by atoms with E-state index in [2.05, 4.69) is 114 Å². The lowest BCUT2D eigenvalue weighted by Gasteiger charge is -2.38. The van der Waals surface area contributed by atoms with Crippen LogP contribution in [-0.4, -0.2) is 26.9 Å². The molecule has 1 aromatic heterocycles. The van der Waals surface area contributed by atoms with Crippen LogP contribution in [0.2, 0.25) is 5.54 Å². The van der Waals surface area contributed by atoms with Gasteiger partial charge in [-0.1, -0.05) is 146 Å². The van der Waals surface area contributed by atoms with Gasteiger partial charge in [0.2, 0.25) is 0 Å². The summed E-state index contributed by atoms with van der Waals surface area (Å²) >= 11 is 0. The molecular weight excluding hydrogens is 499 g/mol. The molecule has 0 aliphatic rings. The Hall–Kier alpha value is -4.15. The number of imidazole rings is 1. The summed E-state index contributed by atoms with van der Waals surface area (Å²) in [4.78, 5) is 4.38. The summed E-state index contributed by atoms with van der Waals surface area (Å²) < 4.78 is 2.33. The van der Waals surface area contributed by atoms with Gasteiger partial charge < -0.3 is 4.57 Å². The highest BCUT2D eigenvalue weighted by molar-refractivity contribution is 6.43. The van der Waals surface area contributed by atoms with E-state index in [0.717, 1.165) is 23.1 Å². The molecule has 1 unspecified atom stereocenters. The fourth-order valence-corrected chi connectivity index (χ4v) is 8.11. The Morgan fingerprint density at radius 3 is 1.70 bits per heavy atom. The second kappa shape index (κ2) is 14.9. The van der Waals surface area contributed by atoms with Gasteiger partial charge in [0.1, 0.15) is 7.85 Å². The smallest absolute Gasteiger partial charge is 0.103 e. The van der Waals surface area contributed by atoms with Gasteiger partial charge in [0, 0.05) is 12.4 Å². The third-order valence-electron chi connectivity index (χ3n) is 7.29. The van der Waals surface area contributed by atoms with Crippen LogP contribution in [0.1, 0.15) is 42.0 Å². The number of rotatable bonds is 10. The van der Waals surface area contributed by atoms with Crippen molar-refractivity contribution in [3.63, 3.8) is 0 Å². The molecule has 198 valence electrons. The molecule has 0 amide bonds. The average Bonchev–Trinajstić information content (AvgIpc) is 3.57. The highest BCUT2D eigenvalue weighted by Crippen LogP contribution is 2.36. The van der Waals surface area contributed by atoms with E-state index < -0.39 is 9.52 Å². The molecule has 5 aromatic rings. The van der Waals surface area contributed by atoms with Crippen molar-refractivity contribution in [3.05, 3.63) is 181 Å². The van der Waals surface area contributed by atoms with E-state index >= 15 is 0 Å². The lowest BCUT2D eigenvalue weighted by Crippen LogP contribution is -2.43. The molecule has 0 aliphatic heterocycles. The first-order chi connectivity index (χ1) is 19.7. The second-order valence-corrected chi connectivity index (χ2v) is 12.9. The summed E-state index contributed by atoms with van der Waals surface area (Å²) in [5.74, 6) is 1.66. The Labute approximate surface area is 243 Å². The molecule has 0 aliphatic carbocycles. The van der Waals surface area contributed by atoms with Crippen LogP contribution in [0.15, 0.2) is 159 Å². The van der Waals surface area contributed by atoms with E-state index in [9.17, 15) is 0 Å². The van der Waals surface area contributed by atoms with Crippen molar-refractivity contribution in [3.8, 4) is 0 Å². The van der Waals surface area contributed by atoms with Crippen molar-refractivity contribution in [2.24, 2.45) is 0 Å². The molecule has 0 saturated heterocycles. The molecular formula is C36H37BN2Si. The zero-order valence-electron chi connectivity index (χ0n) is 23.3. The zero-order chi connectivity index (χ0) is 28.0. The summed E-state index contributed by atoms with van der Waals surface area (Å²) in [6.45, 7) is 6.29. The second-order valence-electron chi connectivity index (χ2n) is 10.0. The number of hydrogen-bond acceptors (Lipinski definition) is 1. The van der Waals surface area contributed by atoms with Gasteiger partial charge in [0.25, 0.3) is 0 Å². The topological polar surface area (TPSA) is 17.8 Å². The van der Waals surface area contributed by atoms with Gasteiger partial charge >= 0.3 is 0 Å². The first-order valence-electron chi connectivity index (χ1n) is 13.9. The molecule has 0 spiro atoms. The normalized spacial score (nSPS) is 11.8. The van der Waals surface area contributed by atoms with Gasteiger partial charge in [-0.15, -0.1) is 12.6 Å². The van der Waals surface area contributed by atoms with E-state index in [1.165, 1.54) is 17.5 Å². The summed E-state index contributed by atoms with van der Waals surface area (Å²) in [6.07, 6.45) is 10.3. The van der Waals surface area contributed by atoms with Crippen molar-refractivity contribution < 1.29 is 0 Å². The molecule has 0 bridgehead atoms. The van der Waals surface area contributed by atoms with Crippen LogP contribution < -0.4 is 0 Å². The molecule has 2 radical (unpaired) electrons. The van der Waals surface area contributed by atoms with Gasteiger partial charge in [-0.3, -0.25) is 0 Å². The van der Waals surface area contributed by atoms with Gasteiger partial charge in [-0.25, -0.2) is 4.98 Å². The number of benzene rings is 4. The maximum Gasteiger partial charge on any atom is 0.103 e. The molecule has 4 heteroatoms. The lowest BCUT2D eigenvalue weighted by molar-refractivity contribution is 0.578. The average molecular weight is 537 g/mol. The lowest BCUT2D eigenvalue weighted by atomic mass is 9.92. The van der Waals surface area contributed by atoms with Gasteiger partial charge in [-0.2, -0.15) is 0 Å². The minimum Gasteiger partial charge on any atom is -0.327 e. The monoisotopic (exact) mass is 536 g/mol. The van der Waals surface area contributed by atoms with E-state index in [0.29, 0.717) is 5.54 Å². The van der Waals surface area contributed by atoms with Crippen molar-refractivity contribution in [2.45, 2.75) is 30.5 Å². The van der Waals surface area contributed by atoms with Crippen LogP contribution in [-0.2, 0) is 5.16 Å². The quantitative estimate of drug-likeness (QED) is 0.131. The first kappa shape index (κ1) is 28.8. The van der Waals surface area contributed by atoms with Gasteiger partial charge in [0.05, 0.1) is 21.0 Å². The van der Waals surface area contributed by atoms with Crippen LogP contribution in [0, 0.1) is 0 Å². The molecule has 0 N–H and O–H groups in total. The van der Waals surface area contributed by atoms with Crippen LogP contribution in [0.4, 0.5) is 0 Å². The number of hydrogen-bond donors (Lipinski definition) is 0. The SMILES string of the molecule is C=CCCC(C)[SiH2]C(c1ccccc1)(c1ccccc1)n1ccnc1.[B]C=C(c1ccccc1)c1ccccc1. The molecule has 4 aromatic carbocycles. The number of nitrogens with zero attached hydrogens (tertiary/aromatic N) is 2. The fraction of sp³-hybridized carbons (Fsp3) is 0.139. The van der Waals surface area contributed by atoms with Crippen molar-refractivity contribution in [1.82, 2.24) is 9.55 Å². The number of aromatic nitrogens is 2. The third kappa shape index (κ3) is 7.08.